The van der Waals surface area contributed by atoms with Gasteiger partial charge < -0.3 is 19.5 Å². The van der Waals surface area contributed by atoms with Gasteiger partial charge in [-0.25, -0.2) is 4.79 Å². The second-order valence-electron chi connectivity index (χ2n) is 8.62. The average molecular weight is 478 g/mol. The lowest BCUT2D eigenvalue weighted by Crippen LogP contribution is -2.17. The maximum atomic E-state index is 11.5. The summed E-state index contributed by atoms with van der Waals surface area (Å²) in [6, 6.07) is 14.0. The Balaban J connectivity index is 1.77. The van der Waals surface area contributed by atoms with Crippen LogP contribution in [0, 0.1) is 0 Å². The van der Waals surface area contributed by atoms with Crippen molar-refractivity contribution in [2.24, 2.45) is 7.05 Å². The van der Waals surface area contributed by atoms with Crippen LogP contribution in [0.4, 0.5) is 5.69 Å². The van der Waals surface area contributed by atoms with E-state index in [-0.39, 0.29) is 5.57 Å². The first-order valence-corrected chi connectivity index (χ1v) is 11.9. The fraction of sp³-hybridized carbons (Fsp3) is 0.357. The summed E-state index contributed by atoms with van der Waals surface area (Å²) in [5.74, 6) is -0.140. The molecule has 0 saturated heterocycles. The number of ether oxygens (including phenoxy) is 2. The number of nitrogens with zero attached hydrogens (tertiary/aromatic N) is 3. The number of carboxylic acid groups (broad SMARTS) is 1. The number of hydrogen-bond donors (Lipinski definition) is 1. The van der Waals surface area contributed by atoms with Crippen LogP contribution < -0.4 is 9.64 Å². The SMILES string of the molecule is CCCCOCCOc1ccc(-c2ccc(N(C)Cc3cnn(C)c3)c(C=C(C)C(=O)O)c2)cc1. The Labute approximate surface area is 207 Å². The van der Waals surface area contributed by atoms with Gasteiger partial charge in [0.2, 0.25) is 0 Å². The van der Waals surface area contributed by atoms with Crippen molar-refractivity contribution in [2.45, 2.75) is 33.2 Å². The van der Waals surface area contributed by atoms with Gasteiger partial charge >= 0.3 is 5.97 Å². The molecule has 186 valence electrons. The van der Waals surface area contributed by atoms with Crippen molar-refractivity contribution in [1.29, 1.82) is 0 Å². The van der Waals surface area contributed by atoms with Crippen molar-refractivity contribution in [2.75, 3.05) is 31.8 Å². The lowest BCUT2D eigenvalue weighted by atomic mass is 9.99. The van der Waals surface area contributed by atoms with Crippen molar-refractivity contribution < 1.29 is 19.4 Å². The second kappa shape index (κ2) is 12.8. The predicted molar refractivity (Wildman–Crippen MR) is 140 cm³/mol. The van der Waals surface area contributed by atoms with E-state index in [0.717, 1.165) is 53.1 Å². The summed E-state index contributed by atoms with van der Waals surface area (Å²) in [6.07, 6.45) is 7.72. The minimum absolute atomic E-state index is 0.281. The Kier molecular flexibility index (Phi) is 9.49. The van der Waals surface area contributed by atoms with E-state index in [1.54, 1.807) is 17.7 Å². The fourth-order valence-electron chi connectivity index (χ4n) is 3.72. The van der Waals surface area contributed by atoms with Crippen molar-refractivity contribution in [1.82, 2.24) is 9.78 Å². The molecule has 0 radical (unpaired) electrons. The van der Waals surface area contributed by atoms with Gasteiger partial charge in [0.25, 0.3) is 0 Å². The molecule has 7 heteroatoms. The van der Waals surface area contributed by atoms with Gasteiger partial charge in [-0.2, -0.15) is 5.10 Å². The lowest BCUT2D eigenvalue weighted by molar-refractivity contribution is -0.132. The Morgan fingerprint density at radius 1 is 1.11 bits per heavy atom. The molecule has 0 amide bonds. The largest absolute Gasteiger partial charge is 0.491 e. The van der Waals surface area contributed by atoms with Crippen molar-refractivity contribution in [3.05, 3.63) is 71.6 Å². The normalized spacial score (nSPS) is 11.5. The number of unbranched alkanes of at least 4 members (excludes halogenated alkanes) is 1. The molecular formula is C28H35N3O4. The van der Waals surface area contributed by atoms with Gasteiger partial charge in [-0.05, 0) is 60.4 Å². The Morgan fingerprint density at radius 3 is 2.51 bits per heavy atom. The van der Waals surface area contributed by atoms with Gasteiger partial charge in [0.05, 0.1) is 12.8 Å². The number of anilines is 1. The van der Waals surface area contributed by atoms with E-state index in [1.807, 2.05) is 62.9 Å². The number of aryl methyl sites for hydroxylation is 1. The summed E-state index contributed by atoms with van der Waals surface area (Å²) in [7, 11) is 3.88. The molecule has 35 heavy (non-hydrogen) atoms. The quantitative estimate of drug-likeness (QED) is 0.262. The van der Waals surface area contributed by atoms with Crippen LogP contribution in [-0.4, -0.2) is 47.7 Å². The van der Waals surface area contributed by atoms with Crippen molar-refractivity contribution in [3.8, 4) is 16.9 Å². The zero-order valence-corrected chi connectivity index (χ0v) is 21.0. The van der Waals surface area contributed by atoms with Crippen LogP contribution in [-0.2, 0) is 23.1 Å². The van der Waals surface area contributed by atoms with Crippen LogP contribution in [0.2, 0.25) is 0 Å². The number of hydrogen-bond acceptors (Lipinski definition) is 5. The fourth-order valence-corrected chi connectivity index (χ4v) is 3.72. The second-order valence-corrected chi connectivity index (χ2v) is 8.62. The van der Waals surface area contributed by atoms with Gasteiger partial charge in [-0.3, -0.25) is 4.68 Å². The minimum Gasteiger partial charge on any atom is -0.491 e. The molecule has 0 spiro atoms. The highest BCUT2D eigenvalue weighted by molar-refractivity contribution is 5.93. The van der Waals surface area contributed by atoms with Gasteiger partial charge in [0, 0.05) is 50.3 Å². The van der Waals surface area contributed by atoms with Crippen LogP contribution in [0.1, 0.15) is 37.8 Å². The summed E-state index contributed by atoms with van der Waals surface area (Å²) in [6.45, 7) is 6.28. The molecule has 1 heterocycles. The van der Waals surface area contributed by atoms with E-state index in [4.69, 9.17) is 9.47 Å². The Morgan fingerprint density at radius 2 is 1.86 bits per heavy atom. The molecule has 1 N–H and O–H groups in total. The Bertz CT molecular complexity index is 1140. The zero-order chi connectivity index (χ0) is 25.2. The molecule has 0 aliphatic rings. The summed E-state index contributed by atoms with van der Waals surface area (Å²) in [4.78, 5) is 13.6. The highest BCUT2D eigenvalue weighted by Crippen LogP contribution is 2.30. The molecule has 0 aliphatic carbocycles. The van der Waals surface area contributed by atoms with Gasteiger partial charge in [0.1, 0.15) is 12.4 Å². The first-order chi connectivity index (χ1) is 16.9. The van der Waals surface area contributed by atoms with Gasteiger partial charge in [-0.15, -0.1) is 0 Å². The topological polar surface area (TPSA) is 76.8 Å². The minimum atomic E-state index is -0.934. The van der Waals surface area contributed by atoms with Crippen LogP contribution in [0.5, 0.6) is 5.75 Å². The third-order valence-electron chi connectivity index (χ3n) is 5.65. The molecule has 0 aliphatic heterocycles. The zero-order valence-electron chi connectivity index (χ0n) is 21.0. The van der Waals surface area contributed by atoms with Crippen molar-refractivity contribution in [3.63, 3.8) is 0 Å². The molecular weight excluding hydrogens is 442 g/mol. The first kappa shape index (κ1) is 26.0. The number of carboxylic acids is 1. The molecule has 3 aromatic rings. The molecule has 3 rings (SSSR count). The molecule has 7 nitrogen and oxygen atoms in total. The van der Waals surface area contributed by atoms with Crippen molar-refractivity contribution >= 4 is 17.7 Å². The molecule has 0 saturated carbocycles. The molecule has 0 bridgehead atoms. The summed E-state index contributed by atoms with van der Waals surface area (Å²) in [5.41, 5.74) is 5.18. The lowest BCUT2D eigenvalue weighted by Gasteiger charge is -2.22. The van der Waals surface area contributed by atoms with E-state index >= 15 is 0 Å². The van der Waals surface area contributed by atoms with Gasteiger partial charge in [0.15, 0.2) is 0 Å². The number of rotatable bonds is 13. The molecule has 0 unspecified atom stereocenters. The third-order valence-corrected chi connectivity index (χ3v) is 5.65. The maximum Gasteiger partial charge on any atom is 0.331 e. The number of benzene rings is 2. The summed E-state index contributed by atoms with van der Waals surface area (Å²) < 4.78 is 13.1. The van der Waals surface area contributed by atoms with Gasteiger partial charge in [-0.1, -0.05) is 31.5 Å². The highest BCUT2D eigenvalue weighted by Gasteiger charge is 2.12. The predicted octanol–water partition coefficient (Wildman–Crippen LogP) is 5.41. The third kappa shape index (κ3) is 7.72. The van der Waals surface area contributed by atoms with Crippen LogP contribution in [0.15, 0.2) is 60.4 Å². The number of aliphatic carboxylic acids is 1. The number of carbonyl (C=O) groups is 1. The molecule has 1 aromatic heterocycles. The van der Waals surface area contributed by atoms with E-state index in [0.29, 0.717) is 19.8 Å². The van der Waals surface area contributed by atoms with Crippen LogP contribution >= 0.6 is 0 Å². The van der Waals surface area contributed by atoms with E-state index < -0.39 is 5.97 Å². The monoisotopic (exact) mass is 477 g/mol. The van der Waals surface area contributed by atoms with Crippen LogP contribution in [0.25, 0.3) is 17.2 Å². The maximum absolute atomic E-state index is 11.5. The standard InChI is InChI=1S/C28H35N3O4/c1-5-6-13-34-14-15-35-26-10-7-23(8-11-26)24-9-12-27(25(17-24)16-21(2)28(32)33)30(3)19-22-18-29-31(4)20-22/h7-12,16-18,20H,5-6,13-15,19H2,1-4H3,(H,32,33). The molecule has 0 atom stereocenters. The van der Waals surface area contributed by atoms with E-state index in [2.05, 4.69) is 23.0 Å². The Hall–Kier alpha value is -3.58. The smallest absolute Gasteiger partial charge is 0.331 e. The highest BCUT2D eigenvalue weighted by atomic mass is 16.5. The summed E-state index contributed by atoms with van der Waals surface area (Å²) in [5, 5.41) is 13.7. The summed E-state index contributed by atoms with van der Waals surface area (Å²) >= 11 is 0. The number of aromatic nitrogens is 2. The van der Waals surface area contributed by atoms with Crippen LogP contribution in [0.3, 0.4) is 0 Å². The first-order valence-electron chi connectivity index (χ1n) is 11.9. The molecule has 2 aromatic carbocycles. The van der Waals surface area contributed by atoms with E-state index in [1.165, 1.54) is 0 Å². The van der Waals surface area contributed by atoms with E-state index in [9.17, 15) is 9.90 Å². The molecule has 0 fully saturated rings. The average Bonchev–Trinajstić information content (AvgIpc) is 3.25.